The van der Waals surface area contributed by atoms with Crippen molar-refractivity contribution >= 4 is 0 Å². The van der Waals surface area contributed by atoms with Crippen molar-refractivity contribution in [3.8, 4) is 0 Å². The van der Waals surface area contributed by atoms with Gasteiger partial charge in [0.15, 0.2) is 0 Å². The minimum Gasteiger partial charge on any atom is -0.311 e. The molecule has 0 saturated carbocycles. The molecule has 0 spiro atoms. The van der Waals surface area contributed by atoms with E-state index in [9.17, 15) is 0 Å². The fourth-order valence-electron chi connectivity index (χ4n) is 2.40. The van der Waals surface area contributed by atoms with Crippen molar-refractivity contribution in [1.82, 2.24) is 10.2 Å². The molecule has 2 unspecified atom stereocenters. The maximum Gasteiger partial charge on any atom is 0.0197 e. The van der Waals surface area contributed by atoms with E-state index in [0.29, 0.717) is 6.04 Å². The molecule has 1 rings (SSSR count). The first kappa shape index (κ1) is 13.0. The standard InChI is InChI=1S/C13H28N2/c1-5-12(4)9-15-8-6-7-13(10-15)14-11(2)3/h11-14H,5-10H2,1-4H3. The molecule has 0 amide bonds. The molecule has 1 N–H and O–H groups in total. The van der Waals surface area contributed by atoms with Crippen LogP contribution in [0.5, 0.6) is 0 Å². The molecule has 1 fully saturated rings. The first-order valence-corrected chi connectivity index (χ1v) is 6.60. The van der Waals surface area contributed by atoms with Crippen molar-refractivity contribution in [3.05, 3.63) is 0 Å². The summed E-state index contributed by atoms with van der Waals surface area (Å²) in [5, 5.41) is 3.66. The van der Waals surface area contributed by atoms with Crippen molar-refractivity contribution in [2.24, 2.45) is 5.92 Å². The summed E-state index contributed by atoms with van der Waals surface area (Å²) in [5.74, 6) is 0.850. The molecule has 0 radical (unpaired) electrons. The summed E-state index contributed by atoms with van der Waals surface area (Å²) in [5.41, 5.74) is 0. The van der Waals surface area contributed by atoms with Gasteiger partial charge in [0.25, 0.3) is 0 Å². The largest absolute Gasteiger partial charge is 0.311 e. The zero-order chi connectivity index (χ0) is 11.3. The van der Waals surface area contributed by atoms with Crippen molar-refractivity contribution < 1.29 is 0 Å². The Bertz CT molecular complexity index is 168. The van der Waals surface area contributed by atoms with Crippen LogP contribution >= 0.6 is 0 Å². The van der Waals surface area contributed by atoms with Crippen LogP contribution in [0.4, 0.5) is 0 Å². The third-order valence-corrected chi connectivity index (χ3v) is 3.34. The van der Waals surface area contributed by atoms with Gasteiger partial charge in [-0.3, -0.25) is 0 Å². The minimum atomic E-state index is 0.624. The quantitative estimate of drug-likeness (QED) is 0.753. The van der Waals surface area contributed by atoms with Crippen molar-refractivity contribution in [3.63, 3.8) is 0 Å². The SMILES string of the molecule is CCC(C)CN1CCCC(NC(C)C)C1. The lowest BCUT2D eigenvalue weighted by Gasteiger charge is -2.35. The van der Waals surface area contributed by atoms with E-state index in [1.165, 1.54) is 38.9 Å². The van der Waals surface area contributed by atoms with Gasteiger partial charge >= 0.3 is 0 Å². The molecule has 2 atom stereocenters. The first-order chi connectivity index (χ1) is 7.11. The van der Waals surface area contributed by atoms with Crippen molar-refractivity contribution in [1.29, 1.82) is 0 Å². The van der Waals surface area contributed by atoms with Gasteiger partial charge in [-0.2, -0.15) is 0 Å². The van der Waals surface area contributed by atoms with Crippen LogP contribution in [-0.2, 0) is 0 Å². The Hall–Kier alpha value is -0.0800. The number of rotatable bonds is 5. The van der Waals surface area contributed by atoms with E-state index in [2.05, 4.69) is 37.9 Å². The fourth-order valence-corrected chi connectivity index (χ4v) is 2.40. The first-order valence-electron chi connectivity index (χ1n) is 6.60. The van der Waals surface area contributed by atoms with E-state index < -0.39 is 0 Å². The van der Waals surface area contributed by atoms with Gasteiger partial charge in [-0.05, 0) is 25.3 Å². The lowest BCUT2D eigenvalue weighted by molar-refractivity contribution is 0.164. The summed E-state index contributed by atoms with van der Waals surface area (Å²) in [7, 11) is 0. The highest BCUT2D eigenvalue weighted by Gasteiger charge is 2.20. The molecule has 15 heavy (non-hydrogen) atoms. The Morgan fingerprint density at radius 2 is 2.07 bits per heavy atom. The number of hydrogen-bond donors (Lipinski definition) is 1. The number of likely N-dealkylation sites (tertiary alicyclic amines) is 1. The Morgan fingerprint density at radius 1 is 1.33 bits per heavy atom. The lowest BCUT2D eigenvalue weighted by Crippen LogP contribution is -2.48. The number of hydrogen-bond acceptors (Lipinski definition) is 2. The molecule has 0 aromatic carbocycles. The van der Waals surface area contributed by atoms with Gasteiger partial charge in [0, 0.05) is 25.2 Å². The predicted molar refractivity (Wildman–Crippen MR) is 67.2 cm³/mol. The molecule has 0 aliphatic carbocycles. The summed E-state index contributed by atoms with van der Waals surface area (Å²) >= 11 is 0. The second-order valence-electron chi connectivity index (χ2n) is 5.43. The number of nitrogens with one attached hydrogen (secondary N) is 1. The van der Waals surface area contributed by atoms with Gasteiger partial charge in [0.1, 0.15) is 0 Å². The third kappa shape index (κ3) is 4.98. The molecule has 0 bridgehead atoms. The van der Waals surface area contributed by atoms with Crippen molar-refractivity contribution in [2.45, 2.75) is 59.0 Å². The van der Waals surface area contributed by atoms with Crippen LogP contribution in [-0.4, -0.2) is 36.6 Å². The van der Waals surface area contributed by atoms with E-state index >= 15 is 0 Å². The maximum absolute atomic E-state index is 3.66. The summed E-state index contributed by atoms with van der Waals surface area (Å²) in [6, 6.07) is 1.35. The second-order valence-corrected chi connectivity index (χ2v) is 5.43. The normalized spacial score (nSPS) is 25.8. The van der Waals surface area contributed by atoms with Crippen LogP contribution in [0.2, 0.25) is 0 Å². The molecular weight excluding hydrogens is 184 g/mol. The summed E-state index contributed by atoms with van der Waals surface area (Å²) in [6.07, 6.45) is 4.02. The average Bonchev–Trinajstić information content (AvgIpc) is 2.17. The van der Waals surface area contributed by atoms with Crippen LogP contribution in [0.15, 0.2) is 0 Å². The molecule has 0 aromatic heterocycles. The molecular formula is C13H28N2. The van der Waals surface area contributed by atoms with Gasteiger partial charge in [-0.15, -0.1) is 0 Å². The molecule has 1 aliphatic heterocycles. The van der Waals surface area contributed by atoms with E-state index in [1.54, 1.807) is 0 Å². The van der Waals surface area contributed by atoms with E-state index in [-0.39, 0.29) is 0 Å². The summed E-state index contributed by atoms with van der Waals surface area (Å²) < 4.78 is 0. The van der Waals surface area contributed by atoms with Gasteiger partial charge < -0.3 is 10.2 Å². The summed E-state index contributed by atoms with van der Waals surface area (Å²) in [6.45, 7) is 13.0. The van der Waals surface area contributed by atoms with Gasteiger partial charge in [-0.1, -0.05) is 34.1 Å². The van der Waals surface area contributed by atoms with E-state index in [1.807, 2.05) is 0 Å². The Balaban J connectivity index is 2.28. The van der Waals surface area contributed by atoms with E-state index in [0.717, 1.165) is 12.0 Å². The second kappa shape index (κ2) is 6.49. The maximum atomic E-state index is 3.66. The highest BCUT2D eigenvalue weighted by molar-refractivity contribution is 4.79. The highest BCUT2D eigenvalue weighted by atomic mass is 15.2. The van der Waals surface area contributed by atoms with Crippen LogP contribution in [0, 0.1) is 5.92 Å². The van der Waals surface area contributed by atoms with Gasteiger partial charge in [-0.25, -0.2) is 0 Å². The Morgan fingerprint density at radius 3 is 2.67 bits per heavy atom. The molecule has 90 valence electrons. The fraction of sp³-hybridized carbons (Fsp3) is 1.00. The smallest absolute Gasteiger partial charge is 0.0197 e. The lowest BCUT2D eigenvalue weighted by atomic mass is 10.0. The van der Waals surface area contributed by atoms with E-state index in [4.69, 9.17) is 0 Å². The zero-order valence-electron chi connectivity index (χ0n) is 10.9. The minimum absolute atomic E-state index is 0.624. The zero-order valence-corrected chi connectivity index (χ0v) is 10.9. The Labute approximate surface area is 95.4 Å². The van der Waals surface area contributed by atoms with Gasteiger partial charge in [0.05, 0.1) is 0 Å². The van der Waals surface area contributed by atoms with Crippen LogP contribution in [0.25, 0.3) is 0 Å². The molecule has 2 heteroatoms. The van der Waals surface area contributed by atoms with Crippen molar-refractivity contribution in [2.75, 3.05) is 19.6 Å². The topological polar surface area (TPSA) is 15.3 Å². The van der Waals surface area contributed by atoms with Gasteiger partial charge in [0.2, 0.25) is 0 Å². The molecule has 1 saturated heterocycles. The van der Waals surface area contributed by atoms with Crippen LogP contribution in [0.3, 0.4) is 0 Å². The van der Waals surface area contributed by atoms with Crippen LogP contribution < -0.4 is 5.32 Å². The molecule has 0 aromatic rings. The molecule has 2 nitrogen and oxygen atoms in total. The highest BCUT2D eigenvalue weighted by Crippen LogP contribution is 2.13. The molecule has 1 aliphatic rings. The predicted octanol–water partition coefficient (Wildman–Crippen LogP) is 2.49. The Kier molecular flexibility index (Phi) is 5.62. The van der Waals surface area contributed by atoms with Crippen LogP contribution in [0.1, 0.15) is 47.0 Å². The monoisotopic (exact) mass is 212 g/mol. The number of nitrogens with zero attached hydrogens (tertiary/aromatic N) is 1. The molecule has 1 heterocycles. The number of piperidine rings is 1. The summed E-state index contributed by atoms with van der Waals surface area (Å²) in [4.78, 5) is 2.64. The third-order valence-electron chi connectivity index (χ3n) is 3.34. The average molecular weight is 212 g/mol.